The first-order chi connectivity index (χ1) is 11.3. The van der Waals surface area contributed by atoms with E-state index >= 15 is 0 Å². The van der Waals surface area contributed by atoms with Gasteiger partial charge in [0, 0.05) is 5.92 Å². The van der Waals surface area contributed by atoms with E-state index in [1.54, 1.807) is 24.3 Å². The Hall–Kier alpha value is -3.07. The number of nitriles is 1. The first kappa shape index (κ1) is 14.9. The zero-order valence-corrected chi connectivity index (χ0v) is 12.3. The second kappa shape index (κ2) is 6.79. The molecule has 1 atom stereocenters. The average molecular weight is 307 g/mol. The molecular weight excluding hydrogens is 293 g/mol. The molecule has 114 valence electrons. The van der Waals surface area contributed by atoms with Gasteiger partial charge in [-0.15, -0.1) is 10.2 Å². The van der Waals surface area contributed by atoms with Crippen LogP contribution in [-0.4, -0.2) is 20.2 Å². The third kappa shape index (κ3) is 3.58. The van der Waals surface area contributed by atoms with E-state index < -0.39 is 0 Å². The predicted octanol–water partition coefficient (Wildman–Crippen LogP) is 2.91. The van der Waals surface area contributed by atoms with Crippen molar-refractivity contribution < 1.29 is 4.39 Å². The second-order valence-electron chi connectivity index (χ2n) is 5.16. The lowest BCUT2D eigenvalue weighted by Crippen LogP contribution is -2.09. The monoisotopic (exact) mass is 307 g/mol. The summed E-state index contributed by atoms with van der Waals surface area (Å²) in [5.41, 5.74) is 2.69. The summed E-state index contributed by atoms with van der Waals surface area (Å²) in [5.74, 6) is -0.195. The maximum atomic E-state index is 13.2. The van der Waals surface area contributed by atoms with Gasteiger partial charge in [0.25, 0.3) is 0 Å². The van der Waals surface area contributed by atoms with E-state index in [0.29, 0.717) is 12.1 Å². The molecular formula is C17H14FN5. The van der Waals surface area contributed by atoms with E-state index in [0.717, 1.165) is 17.5 Å². The molecule has 1 heterocycles. The van der Waals surface area contributed by atoms with Gasteiger partial charge in [0.2, 0.25) is 0 Å². The Morgan fingerprint density at radius 3 is 2.26 bits per heavy atom. The van der Waals surface area contributed by atoms with Crippen LogP contribution in [-0.2, 0) is 6.54 Å². The summed E-state index contributed by atoms with van der Waals surface area (Å²) < 4.78 is 13.2. The number of halogens is 1. The highest BCUT2D eigenvalue weighted by atomic mass is 19.1. The molecule has 6 heteroatoms. The molecule has 0 saturated carbocycles. The summed E-state index contributed by atoms with van der Waals surface area (Å²) in [6.45, 7) is 0.599. The van der Waals surface area contributed by atoms with Crippen molar-refractivity contribution in [1.29, 1.82) is 5.26 Å². The Labute approximate surface area is 133 Å². The fourth-order valence-electron chi connectivity index (χ4n) is 2.55. The molecule has 0 aliphatic heterocycles. The molecule has 1 unspecified atom stereocenters. The molecule has 0 N–H and O–H groups in total. The lowest BCUT2D eigenvalue weighted by atomic mass is 9.88. The molecule has 0 saturated heterocycles. The van der Waals surface area contributed by atoms with Crippen molar-refractivity contribution in [3.63, 3.8) is 0 Å². The largest absolute Gasteiger partial charge is 0.207 e. The van der Waals surface area contributed by atoms with E-state index in [9.17, 15) is 4.39 Å². The number of aromatic nitrogens is 4. The van der Waals surface area contributed by atoms with Crippen LogP contribution in [0.2, 0.25) is 0 Å². The van der Waals surface area contributed by atoms with Crippen molar-refractivity contribution in [2.75, 3.05) is 0 Å². The SMILES string of the molecule is N#Cc1ccc(C(CCn2ncnn2)c2ccc(F)cc2)cc1. The summed E-state index contributed by atoms with van der Waals surface area (Å²) in [7, 11) is 0. The van der Waals surface area contributed by atoms with Crippen LogP contribution >= 0.6 is 0 Å². The van der Waals surface area contributed by atoms with Crippen molar-refractivity contribution in [2.45, 2.75) is 18.9 Å². The molecule has 23 heavy (non-hydrogen) atoms. The minimum atomic E-state index is -0.259. The van der Waals surface area contributed by atoms with Gasteiger partial charge >= 0.3 is 0 Å². The average Bonchev–Trinajstić information content (AvgIpc) is 3.10. The second-order valence-corrected chi connectivity index (χ2v) is 5.16. The molecule has 0 spiro atoms. The Bertz CT molecular complexity index is 789. The van der Waals surface area contributed by atoms with Gasteiger partial charge < -0.3 is 0 Å². The van der Waals surface area contributed by atoms with Gasteiger partial charge in [0.15, 0.2) is 6.33 Å². The summed E-state index contributed by atoms with van der Waals surface area (Å²) in [6.07, 6.45) is 2.14. The van der Waals surface area contributed by atoms with Gasteiger partial charge in [0.1, 0.15) is 5.82 Å². The highest BCUT2D eigenvalue weighted by Gasteiger charge is 2.15. The van der Waals surface area contributed by atoms with Crippen molar-refractivity contribution in [3.8, 4) is 6.07 Å². The van der Waals surface area contributed by atoms with Crippen LogP contribution in [0.4, 0.5) is 4.39 Å². The van der Waals surface area contributed by atoms with Crippen LogP contribution in [0.15, 0.2) is 54.9 Å². The Balaban J connectivity index is 1.88. The lowest BCUT2D eigenvalue weighted by Gasteiger charge is -2.18. The zero-order chi connectivity index (χ0) is 16.1. The van der Waals surface area contributed by atoms with E-state index in [-0.39, 0.29) is 11.7 Å². The number of hydrogen-bond donors (Lipinski definition) is 0. The Morgan fingerprint density at radius 1 is 1.04 bits per heavy atom. The summed E-state index contributed by atoms with van der Waals surface area (Å²) in [5, 5.41) is 20.5. The molecule has 2 aromatic carbocycles. The van der Waals surface area contributed by atoms with Gasteiger partial charge in [0.05, 0.1) is 18.2 Å². The van der Waals surface area contributed by atoms with Gasteiger partial charge in [-0.3, -0.25) is 0 Å². The molecule has 0 amide bonds. The van der Waals surface area contributed by atoms with Gasteiger partial charge in [-0.05, 0) is 47.0 Å². The van der Waals surface area contributed by atoms with Crippen molar-refractivity contribution in [3.05, 3.63) is 77.4 Å². The van der Waals surface area contributed by atoms with Crippen LogP contribution in [0.25, 0.3) is 0 Å². The third-order valence-corrected chi connectivity index (χ3v) is 3.72. The summed E-state index contributed by atoms with van der Waals surface area (Å²) in [6, 6.07) is 16.0. The molecule has 0 aliphatic carbocycles. The predicted molar refractivity (Wildman–Crippen MR) is 81.8 cm³/mol. The van der Waals surface area contributed by atoms with Crippen LogP contribution < -0.4 is 0 Å². The first-order valence-electron chi connectivity index (χ1n) is 7.22. The normalized spacial score (nSPS) is 11.8. The minimum Gasteiger partial charge on any atom is -0.207 e. The van der Waals surface area contributed by atoms with Crippen LogP contribution in [0.3, 0.4) is 0 Å². The highest BCUT2D eigenvalue weighted by molar-refractivity contribution is 5.37. The van der Waals surface area contributed by atoms with Crippen LogP contribution in [0, 0.1) is 17.1 Å². The highest BCUT2D eigenvalue weighted by Crippen LogP contribution is 2.28. The van der Waals surface area contributed by atoms with E-state index in [4.69, 9.17) is 5.26 Å². The van der Waals surface area contributed by atoms with E-state index in [1.165, 1.54) is 23.3 Å². The molecule has 0 aliphatic rings. The van der Waals surface area contributed by atoms with E-state index in [1.807, 2.05) is 12.1 Å². The van der Waals surface area contributed by atoms with Gasteiger partial charge in [-0.1, -0.05) is 24.3 Å². The minimum absolute atomic E-state index is 0.0642. The molecule has 1 aromatic heterocycles. The summed E-state index contributed by atoms with van der Waals surface area (Å²) in [4.78, 5) is 1.53. The maximum Gasteiger partial charge on any atom is 0.162 e. The maximum absolute atomic E-state index is 13.2. The van der Waals surface area contributed by atoms with Crippen molar-refractivity contribution >= 4 is 0 Å². The van der Waals surface area contributed by atoms with Crippen molar-refractivity contribution in [2.24, 2.45) is 0 Å². The standard InChI is InChI=1S/C17H14FN5/c18-16-7-5-15(6-8-16)17(9-10-23-21-12-20-22-23)14-3-1-13(11-19)2-4-14/h1-8,12,17H,9-10H2. The third-order valence-electron chi connectivity index (χ3n) is 3.72. The Morgan fingerprint density at radius 2 is 1.70 bits per heavy atom. The zero-order valence-electron chi connectivity index (χ0n) is 12.3. The van der Waals surface area contributed by atoms with Crippen molar-refractivity contribution in [1.82, 2.24) is 20.2 Å². The fraction of sp³-hybridized carbons (Fsp3) is 0.176. The smallest absolute Gasteiger partial charge is 0.162 e. The first-order valence-corrected chi connectivity index (χ1v) is 7.22. The number of tetrazole rings is 1. The molecule has 0 fully saturated rings. The van der Waals surface area contributed by atoms with Crippen LogP contribution in [0.1, 0.15) is 29.0 Å². The Kier molecular flexibility index (Phi) is 4.39. The van der Waals surface area contributed by atoms with Gasteiger partial charge in [-0.25, -0.2) is 4.39 Å². The number of aryl methyl sites for hydroxylation is 1. The summed E-state index contributed by atoms with van der Waals surface area (Å²) >= 11 is 0. The number of hydrogen-bond acceptors (Lipinski definition) is 4. The molecule has 0 radical (unpaired) electrons. The number of rotatable bonds is 5. The molecule has 3 rings (SSSR count). The fourth-order valence-corrected chi connectivity index (χ4v) is 2.55. The number of benzene rings is 2. The molecule has 5 nitrogen and oxygen atoms in total. The van der Waals surface area contributed by atoms with Crippen LogP contribution in [0.5, 0.6) is 0 Å². The van der Waals surface area contributed by atoms with Gasteiger partial charge in [-0.2, -0.15) is 10.1 Å². The quantitative estimate of drug-likeness (QED) is 0.727. The topological polar surface area (TPSA) is 67.4 Å². The van der Waals surface area contributed by atoms with E-state index in [2.05, 4.69) is 21.5 Å². The molecule has 3 aromatic rings. The lowest BCUT2D eigenvalue weighted by molar-refractivity contribution is 0.481. The molecule has 0 bridgehead atoms. The number of nitrogens with zero attached hydrogens (tertiary/aromatic N) is 5.